The van der Waals surface area contributed by atoms with Crippen molar-refractivity contribution in [2.24, 2.45) is 0 Å². The molecule has 0 bridgehead atoms. The van der Waals surface area contributed by atoms with E-state index in [-0.39, 0.29) is 10.6 Å². The summed E-state index contributed by atoms with van der Waals surface area (Å²) in [4.78, 5) is 11.2. The van der Waals surface area contributed by atoms with Crippen LogP contribution >= 0.6 is 0 Å². The third-order valence-electron chi connectivity index (χ3n) is 2.45. The van der Waals surface area contributed by atoms with Crippen molar-refractivity contribution in [3.8, 4) is 11.5 Å². The summed E-state index contributed by atoms with van der Waals surface area (Å²) in [6.07, 6.45) is 2.56. The van der Waals surface area contributed by atoms with Gasteiger partial charge in [0.05, 0.1) is 19.1 Å². The van der Waals surface area contributed by atoms with E-state index in [2.05, 4.69) is 0 Å². The van der Waals surface area contributed by atoms with Crippen LogP contribution in [0.1, 0.15) is 5.56 Å². The van der Waals surface area contributed by atoms with E-state index in [9.17, 15) is 13.2 Å². The summed E-state index contributed by atoms with van der Waals surface area (Å²) in [5.74, 6) is -0.0149. The van der Waals surface area contributed by atoms with Crippen molar-refractivity contribution >= 4 is 22.0 Å². The van der Waals surface area contributed by atoms with E-state index < -0.39 is 15.9 Å². The molecule has 2 rings (SSSR count). The number of carbonyl (C=O) groups excluding carboxylic acids is 1. The Kier molecular flexibility index (Phi) is 3.00. The summed E-state index contributed by atoms with van der Waals surface area (Å²) in [6.45, 7) is 0. The normalized spacial score (nSPS) is 16.4. The monoisotopic (exact) mass is 269 g/mol. The van der Waals surface area contributed by atoms with Gasteiger partial charge in [-0.2, -0.15) is 0 Å². The largest absolute Gasteiger partial charge is 0.493 e. The zero-order chi connectivity index (χ0) is 13.3. The van der Waals surface area contributed by atoms with Crippen molar-refractivity contribution in [3.63, 3.8) is 0 Å². The predicted octanol–water partition coefficient (Wildman–Crippen LogP) is 0.535. The van der Waals surface area contributed by atoms with Crippen molar-refractivity contribution in [1.82, 2.24) is 4.72 Å². The number of ether oxygens (including phenoxy) is 2. The second-order valence-corrected chi connectivity index (χ2v) is 5.20. The van der Waals surface area contributed by atoms with Crippen LogP contribution in [0.2, 0.25) is 0 Å². The summed E-state index contributed by atoms with van der Waals surface area (Å²) >= 11 is 0. The Morgan fingerprint density at radius 3 is 2.28 bits per heavy atom. The average Bonchev–Trinajstić information content (AvgIpc) is 2.44. The zero-order valence-electron chi connectivity index (χ0n) is 9.76. The van der Waals surface area contributed by atoms with Gasteiger partial charge in [0.15, 0.2) is 11.5 Å². The lowest BCUT2D eigenvalue weighted by Crippen LogP contribution is -2.28. The Morgan fingerprint density at radius 2 is 1.67 bits per heavy atom. The molecule has 18 heavy (non-hydrogen) atoms. The number of hydrogen-bond acceptors (Lipinski definition) is 5. The molecular formula is C11H11NO5S. The van der Waals surface area contributed by atoms with Gasteiger partial charge in [0.1, 0.15) is 0 Å². The highest BCUT2D eigenvalue weighted by Crippen LogP contribution is 2.33. The Labute approximate surface area is 104 Å². The number of hydrogen-bond donors (Lipinski definition) is 1. The second-order valence-electron chi connectivity index (χ2n) is 3.55. The molecule has 7 heteroatoms. The molecule has 0 aliphatic carbocycles. The first kappa shape index (κ1) is 12.4. The number of benzene rings is 1. The molecule has 0 fully saturated rings. The van der Waals surface area contributed by atoms with Crippen LogP contribution < -0.4 is 14.2 Å². The van der Waals surface area contributed by atoms with Crippen molar-refractivity contribution in [2.45, 2.75) is 4.90 Å². The van der Waals surface area contributed by atoms with Crippen LogP contribution in [0.15, 0.2) is 23.1 Å². The quantitative estimate of drug-likeness (QED) is 0.847. The molecule has 0 spiro atoms. The van der Waals surface area contributed by atoms with Gasteiger partial charge in [-0.1, -0.05) is 0 Å². The highest BCUT2D eigenvalue weighted by atomic mass is 32.2. The highest BCUT2D eigenvalue weighted by Gasteiger charge is 2.24. The van der Waals surface area contributed by atoms with Crippen LogP contribution in [-0.4, -0.2) is 28.5 Å². The average molecular weight is 269 g/mol. The van der Waals surface area contributed by atoms with E-state index >= 15 is 0 Å². The van der Waals surface area contributed by atoms with Crippen molar-refractivity contribution in [1.29, 1.82) is 0 Å². The lowest BCUT2D eigenvalue weighted by atomic mass is 10.2. The van der Waals surface area contributed by atoms with Gasteiger partial charge < -0.3 is 9.47 Å². The van der Waals surface area contributed by atoms with E-state index in [1.54, 1.807) is 0 Å². The third-order valence-corrected chi connectivity index (χ3v) is 3.86. The minimum Gasteiger partial charge on any atom is -0.493 e. The molecule has 6 nitrogen and oxygen atoms in total. The standard InChI is InChI=1S/C11H11NO5S/c1-16-8-5-7-3-4-11(13)12-18(14,15)10(7)6-9(8)17-2/h3-6H,1-2H3,(H,12,13). The number of carbonyl (C=O) groups is 1. The van der Waals surface area contributed by atoms with Crippen LogP contribution in [0.5, 0.6) is 11.5 Å². The van der Waals surface area contributed by atoms with Crippen LogP contribution in [0.4, 0.5) is 0 Å². The van der Waals surface area contributed by atoms with Crippen LogP contribution in [0, 0.1) is 0 Å². The summed E-state index contributed by atoms with van der Waals surface area (Å²) in [7, 11) is -1.03. The third kappa shape index (κ3) is 2.04. The minimum atomic E-state index is -3.88. The molecule has 0 saturated heterocycles. The first-order valence-corrected chi connectivity index (χ1v) is 6.47. The molecule has 1 heterocycles. The van der Waals surface area contributed by atoms with Crippen molar-refractivity contribution in [2.75, 3.05) is 14.2 Å². The molecule has 0 aromatic heterocycles. The van der Waals surface area contributed by atoms with E-state index in [0.717, 1.165) is 6.08 Å². The second kappa shape index (κ2) is 4.34. The Hall–Kier alpha value is -2.02. The molecule has 96 valence electrons. The Morgan fingerprint density at radius 1 is 1.06 bits per heavy atom. The van der Waals surface area contributed by atoms with Crippen molar-refractivity contribution < 1.29 is 22.7 Å². The topological polar surface area (TPSA) is 81.7 Å². The maximum atomic E-state index is 11.9. The molecule has 0 saturated carbocycles. The summed E-state index contributed by atoms with van der Waals surface area (Å²) in [6, 6.07) is 2.82. The van der Waals surface area contributed by atoms with Gasteiger partial charge >= 0.3 is 0 Å². The number of nitrogens with one attached hydrogen (secondary N) is 1. The van der Waals surface area contributed by atoms with E-state index in [1.165, 1.54) is 32.4 Å². The highest BCUT2D eigenvalue weighted by molar-refractivity contribution is 7.90. The molecule has 0 unspecified atom stereocenters. The van der Waals surface area contributed by atoms with Crippen molar-refractivity contribution in [3.05, 3.63) is 23.8 Å². The zero-order valence-corrected chi connectivity index (χ0v) is 10.6. The molecule has 1 aliphatic rings. The van der Waals surface area contributed by atoms with Gasteiger partial charge in [-0.3, -0.25) is 4.79 Å². The smallest absolute Gasteiger partial charge is 0.265 e. The Balaban J connectivity index is 2.73. The summed E-state index contributed by atoms with van der Waals surface area (Å²) in [5.41, 5.74) is 0.367. The molecule has 1 amide bonds. The number of fused-ring (bicyclic) bond motifs is 1. The van der Waals surface area contributed by atoms with Crippen LogP contribution in [-0.2, 0) is 14.8 Å². The number of methoxy groups -OCH3 is 2. The minimum absolute atomic E-state index is 0.0257. The summed E-state index contributed by atoms with van der Waals surface area (Å²) < 4.78 is 35.8. The molecule has 1 aromatic rings. The van der Waals surface area contributed by atoms with Gasteiger partial charge in [0, 0.05) is 12.1 Å². The van der Waals surface area contributed by atoms with Gasteiger partial charge in [-0.25, -0.2) is 13.1 Å². The fourth-order valence-electron chi connectivity index (χ4n) is 1.63. The maximum absolute atomic E-state index is 11.9. The van der Waals surface area contributed by atoms with Crippen LogP contribution in [0.25, 0.3) is 6.08 Å². The molecule has 0 radical (unpaired) electrons. The van der Waals surface area contributed by atoms with Gasteiger partial charge in [0.2, 0.25) is 0 Å². The molecule has 1 aromatic carbocycles. The SMILES string of the molecule is COc1cc2c(cc1OC)S(=O)(=O)NC(=O)C=C2. The maximum Gasteiger partial charge on any atom is 0.265 e. The van der Waals surface area contributed by atoms with Gasteiger partial charge in [-0.05, 0) is 17.7 Å². The number of sulfonamides is 1. The molecule has 1 N–H and O–H groups in total. The molecule has 0 atom stereocenters. The first-order chi connectivity index (χ1) is 8.47. The van der Waals surface area contributed by atoms with E-state index in [4.69, 9.17) is 9.47 Å². The van der Waals surface area contributed by atoms with Crippen LogP contribution in [0.3, 0.4) is 0 Å². The fourth-order valence-corrected chi connectivity index (χ4v) is 2.77. The lowest BCUT2D eigenvalue weighted by Gasteiger charge is -2.11. The first-order valence-electron chi connectivity index (χ1n) is 4.99. The predicted molar refractivity (Wildman–Crippen MR) is 63.9 cm³/mol. The van der Waals surface area contributed by atoms with Gasteiger partial charge in [-0.15, -0.1) is 0 Å². The Bertz CT molecular complexity index is 633. The summed E-state index contributed by atoms with van der Waals surface area (Å²) in [5, 5.41) is 0. The number of rotatable bonds is 2. The van der Waals surface area contributed by atoms with E-state index in [0.29, 0.717) is 11.3 Å². The molecular weight excluding hydrogens is 258 g/mol. The van der Waals surface area contributed by atoms with E-state index in [1.807, 2.05) is 4.72 Å². The fraction of sp³-hybridized carbons (Fsp3) is 0.182. The lowest BCUT2D eigenvalue weighted by molar-refractivity contribution is -0.114. The number of amides is 1. The molecule has 1 aliphatic heterocycles. The van der Waals surface area contributed by atoms with Gasteiger partial charge in [0.25, 0.3) is 15.9 Å².